The van der Waals surface area contributed by atoms with Gasteiger partial charge in [-0.15, -0.1) is 0 Å². The molecule has 0 unspecified atom stereocenters. The second kappa shape index (κ2) is 8.65. The maximum atomic E-state index is 12.6. The lowest BCUT2D eigenvalue weighted by Crippen LogP contribution is -2.36. The predicted molar refractivity (Wildman–Crippen MR) is 120 cm³/mol. The molecule has 0 spiro atoms. The molecule has 1 amide bonds. The maximum absolute atomic E-state index is 12.6. The monoisotopic (exact) mass is 397 g/mol. The van der Waals surface area contributed by atoms with Gasteiger partial charge in [0.2, 0.25) is 5.13 Å². The van der Waals surface area contributed by atoms with Crippen molar-refractivity contribution in [1.29, 1.82) is 0 Å². The second-order valence-electron chi connectivity index (χ2n) is 6.36. The van der Waals surface area contributed by atoms with Crippen LogP contribution < -0.4 is 10.9 Å². The van der Waals surface area contributed by atoms with E-state index in [2.05, 4.69) is 0 Å². The molecule has 0 bridgehead atoms. The van der Waals surface area contributed by atoms with Crippen LogP contribution in [0.3, 0.4) is 0 Å². The van der Waals surface area contributed by atoms with Crippen LogP contribution in [0.15, 0.2) is 97.1 Å². The normalized spacial score (nSPS) is 10.9. The van der Waals surface area contributed by atoms with Crippen molar-refractivity contribution in [2.75, 3.05) is 5.01 Å². The molecule has 0 fully saturated rings. The van der Waals surface area contributed by atoms with E-state index in [9.17, 15) is 4.79 Å². The number of thiazole rings is 1. The summed E-state index contributed by atoms with van der Waals surface area (Å²) in [5.74, 6) is 5.79. The summed E-state index contributed by atoms with van der Waals surface area (Å²) in [5.41, 5.74) is 3.76. The standard InChI is InChI=1S/C24H19N3OS/c25-27(21(28)17-16-18-10-4-1-5-11-18)24-26-22(19-12-6-2-7-13-19)23(29-24)20-14-8-3-9-15-20/h1-17H,25H2. The highest BCUT2D eigenvalue weighted by atomic mass is 32.1. The molecule has 142 valence electrons. The Morgan fingerprint density at radius 3 is 2.00 bits per heavy atom. The van der Waals surface area contributed by atoms with E-state index in [1.807, 2.05) is 91.0 Å². The lowest BCUT2D eigenvalue weighted by Gasteiger charge is -2.09. The van der Waals surface area contributed by atoms with Gasteiger partial charge in [0.25, 0.3) is 5.91 Å². The van der Waals surface area contributed by atoms with Crippen molar-refractivity contribution in [1.82, 2.24) is 4.98 Å². The molecule has 0 aliphatic rings. The Hall–Kier alpha value is -3.54. The molecule has 29 heavy (non-hydrogen) atoms. The molecule has 1 heterocycles. The van der Waals surface area contributed by atoms with Gasteiger partial charge in [-0.25, -0.2) is 15.8 Å². The smallest absolute Gasteiger partial charge is 0.267 e. The third-order valence-corrected chi connectivity index (χ3v) is 5.46. The number of rotatable bonds is 5. The van der Waals surface area contributed by atoms with Crippen molar-refractivity contribution in [3.8, 4) is 21.7 Å². The molecular weight excluding hydrogens is 378 g/mol. The number of hydrogen-bond donors (Lipinski definition) is 1. The minimum absolute atomic E-state index is 0.332. The second-order valence-corrected chi connectivity index (χ2v) is 7.34. The van der Waals surface area contributed by atoms with Crippen LogP contribution >= 0.6 is 11.3 Å². The van der Waals surface area contributed by atoms with Crippen LogP contribution in [0.1, 0.15) is 5.56 Å². The number of carbonyl (C=O) groups is 1. The lowest BCUT2D eigenvalue weighted by molar-refractivity contribution is -0.114. The molecule has 0 radical (unpaired) electrons. The zero-order valence-corrected chi connectivity index (χ0v) is 16.4. The lowest BCUT2D eigenvalue weighted by atomic mass is 10.1. The van der Waals surface area contributed by atoms with Gasteiger partial charge in [0.15, 0.2) is 0 Å². The molecule has 0 saturated carbocycles. The fraction of sp³-hybridized carbons (Fsp3) is 0. The van der Waals surface area contributed by atoms with Crippen molar-refractivity contribution in [2.24, 2.45) is 5.84 Å². The van der Waals surface area contributed by atoms with E-state index < -0.39 is 0 Å². The Bertz CT molecular complexity index is 1070. The molecule has 0 aliphatic carbocycles. The van der Waals surface area contributed by atoms with Crippen LogP contribution in [-0.2, 0) is 4.79 Å². The summed E-state index contributed by atoms with van der Waals surface area (Å²) in [6, 6.07) is 29.5. The molecule has 1 aromatic heterocycles. The van der Waals surface area contributed by atoms with Gasteiger partial charge in [-0.3, -0.25) is 4.79 Å². The topological polar surface area (TPSA) is 59.2 Å². The third-order valence-electron chi connectivity index (χ3n) is 4.36. The summed E-state index contributed by atoms with van der Waals surface area (Å²) < 4.78 is 0. The zero-order valence-electron chi connectivity index (χ0n) is 15.6. The molecule has 4 aromatic rings. The molecule has 3 aromatic carbocycles. The van der Waals surface area contributed by atoms with Gasteiger partial charge in [0, 0.05) is 11.6 Å². The Labute approximate surface area is 173 Å². The van der Waals surface area contributed by atoms with Gasteiger partial charge in [0.05, 0.1) is 10.6 Å². The van der Waals surface area contributed by atoms with Crippen LogP contribution in [0.2, 0.25) is 0 Å². The Balaban J connectivity index is 1.68. The number of amides is 1. The van der Waals surface area contributed by atoms with E-state index >= 15 is 0 Å². The predicted octanol–water partition coefficient (Wildman–Crippen LogP) is 5.40. The number of nitrogens with two attached hydrogens (primary N) is 1. The fourth-order valence-electron chi connectivity index (χ4n) is 2.89. The maximum Gasteiger partial charge on any atom is 0.267 e. The first-order valence-electron chi connectivity index (χ1n) is 9.16. The largest absolute Gasteiger partial charge is 0.268 e. The number of hydrazine groups is 1. The molecule has 0 aliphatic heterocycles. The van der Waals surface area contributed by atoms with Gasteiger partial charge in [0.1, 0.15) is 0 Å². The van der Waals surface area contributed by atoms with Crippen LogP contribution in [0, 0.1) is 0 Å². The van der Waals surface area contributed by atoms with Crippen molar-refractivity contribution in [3.05, 3.63) is 103 Å². The Morgan fingerprint density at radius 2 is 1.38 bits per heavy atom. The minimum atomic E-state index is -0.332. The van der Waals surface area contributed by atoms with Crippen LogP contribution in [-0.4, -0.2) is 10.9 Å². The van der Waals surface area contributed by atoms with Crippen molar-refractivity contribution >= 4 is 28.5 Å². The van der Waals surface area contributed by atoms with E-state index in [4.69, 9.17) is 10.8 Å². The van der Waals surface area contributed by atoms with E-state index in [0.29, 0.717) is 5.13 Å². The van der Waals surface area contributed by atoms with E-state index in [1.165, 1.54) is 17.4 Å². The number of aromatic nitrogens is 1. The molecule has 0 saturated heterocycles. The summed E-state index contributed by atoms with van der Waals surface area (Å²) in [6.45, 7) is 0. The number of hydrogen-bond acceptors (Lipinski definition) is 4. The fourth-order valence-corrected chi connectivity index (χ4v) is 3.92. The highest BCUT2D eigenvalue weighted by Gasteiger charge is 2.19. The van der Waals surface area contributed by atoms with Gasteiger partial charge < -0.3 is 0 Å². The summed E-state index contributed by atoms with van der Waals surface area (Å²) in [5, 5.41) is 1.55. The Morgan fingerprint density at radius 1 is 0.828 bits per heavy atom. The number of nitrogens with zero attached hydrogens (tertiary/aromatic N) is 2. The average Bonchev–Trinajstić information content (AvgIpc) is 3.24. The highest BCUT2D eigenvalue weighted by molar-refractivity contribution is 7.19. The van der Waals surface area contributed by atoms with Crippen molar-refractivity contribution < 1.29 is 4.79 Å². The molecule has 5 heteroatoms. The van der Waals surface area contributed by atoms with Gasteiger partial charge in [-0.1, -0.05) is 102 Å². The molecule has 4 rings (SSSR count). The van der Waals surface area contributed by atoms with Crippen LogP contribution in [0.25, 0.3) is 27.8 Å². The summed E-state index contributed by atoms with van der Waals surface area (Å²) >= 11 is 1.40. The molecule has 4 nitrogen and oxygen atoms in total. The van der Waals surface area contributed by atoms with E-state index in [-0.39, 0.29) is 5.91 Å². The number of carbonyl (C=O) groups excluding carboxylic acids is 1. The van der Waals surface area contributed by atoms with Crippen molar-refractivity contribution in [3.63, 3.8) is 0 Å². The molecular formula is C24H19N3OS. The summed E-state index contributed by atoms with van der Waals surface area (Å²) in [4.78, 5) is 18.3. The first-order valence-corrected chi connectivity index (χ1v) is 9.97. The van der Waals surface area contributed by atoms with E-state index in [0.717, 1.165) is 32.3 Å². The van der Waals surface area contributed by atoms with E-state index in [1.54, 1.807) is 6.08 Å². The van der Waals surface area contributed by atoms with Crippen LogP contribution in [0.4, 0.5) is 5.13 Å². The zero-order chi connectivity index (χ0) is 20.1. The number of benzene rings is 3. The van der Waals surface area contributed by atoms with Crippen LogP contribution in [0.5, 0.6) is 0 Å². The Kier molecular flexibility index (Phi) is 5.61. The van der Waals surface area contributed by atoms with Gasteiger partial charge in [-0.2, -0.15) is 0 Å². The quantitative estimate of drug-likeness (QED) is 0.212. The first kappa shape index (κ1) is 18.8. The van der Waals surface area contributed by atoms with Crippen molar-refractivity contribution in [2.45, 2.75) is 0 Å². The van der Waals surface area contributed by atoms with Gasteiger partial charge in [-0.05, 0) is 17.2 Å². The molecule has 0 atom stereocenters. The third kappa shape index (κ3) is 4.32. The SMILES string of the molecule is NN(C(=O)C=Cc1ccccc1)c1nc(-c2ccccc2)c(-c2ccccc2)s1. The minimum Gasteiger partial charge on any atom is -0.268 e. The first-order chi connectivity index (χ1) is 14.2. The van der Waals surface area contributed by atoms with Gasteiger partial charge >= 0.3 is 0 Å². The average molecular weight is 398 g/mol. The summed E-state index contributed by atoms with van der Waals surface area (Å²) in [6.07, 6.45) is 3.20. The highest BCUT2D eigenvalue weighted by Crippen LogP contribution is 2.39. The molecule has 2 N–H and O–H groups in total. The number of anilines is 1. The summed E-state index contributed by atoms with van der Waals surface area (Å²) in [7, 11) is 0.